The number of rotatable bonds is 7. The fourth-order valence-corrected chi connectivity index (χ4v) is 4.64. The number of nitrogens with zero attached hydrogens (tertiary/aromatic N) is 1. The van der Waals surface area contributed by atoms with Gasteiger partial charge in [0.05, 0.1) is 6.61 Å². The number of thiophene rings is 1. The first-order valence-corrected chi connectivity index (χ1v) is 8.01. The summed E-state index contributed by atoms with van der Waals surface area (Å²) in [5, 5.41) is 0. The number of nitrogens with two attached hydrogens (primary N) is 1. The Morgan fingerprint density at radius 1 is 1.50 bits per heavy atom. The predicted octanol–water partition coefficient (Wildman–Crippen LogP) is 1.17. The first-order chi connectivity index (χ1) is 8.47. The van der Waals surface area contributed by atoms with Crippen molar-refractivity contribution in [1.82, 2.24) is 4.31 Å². The summed E-state index contributed by atoms with van der Waals surface area (Å²) in [5.74, 6) is 0. The summed E-state index contributed by atoms with van der Waals surface area (Å²) in [7, 11) is -1.86. The minimum absolute atomic E-state index is 0.360. The van der Waals surface area contributed by atoms with Crippen LogP contribution in [0.5, 0.6) is 0 Å². The van der Waals surface area contributed by atoms with Crippen molar-refractivity contribution in [3.05, 3.63) is 16.5 Å². The molecule has 18 heavy (non-hydrogen) atoms. The highest BCUT2D eigenvalue weighted by molar-refractivity contribution is 7.91. The van der Waals surface area contributed by atoms with E-state index in [1.165, 1.54) is 15.6 Å². The van der Waals surface area contributed by atoms with Crippen LogP contribution in [0.3, 0.4) is 0 Å². The van der Waals surface area contributed by atoms with Gasteiger partial charge in [0.2, 0.25) is 0 Å². The molecule has 1 aromatic heterocycles. The Bertz CT molecular complexity index is 482. The third-order valence-electron chi connectivity index (χ3n) is 2.68. The van der Waals surface area contributed by atoms with Crippen molar-refractivity contribution in [3.8, 4) is 0 Å². The molecule has 0 spiro atoms. The van der Waals surface area contributed by atoms with Crippen molar-refractivity contribution in [3.63, 3.8) is 0 Å². The lowest BCUT2D eigenvalue weighted by molar-refractivity contribution is 0.180. The maximum atomic E-state index is 12.4. The quantitative estimate of drug-likeness (QED) is 0.819. The SMILES string of the molecule is CCN(CCOC)S(=O)(=O)c1cc(C)c(CN)s1. The van der Waals surface area contributed by atoms with Gasteiger partial charge in [-0.3, -0.25) is 0 Å². The number of hydrogen-bond donors (Lipinski definition) is 1. The fourth-order valence-electron chi connectivity index (χ4n) is 1.59. The summed E-state index contributed by atoms with van der Waals surface area (Å²) in [6, 6.07) is 1.69. The number of aryl methyl sites for hydroxylation is 1. The molecule has 7 heteroatoms. The van der Waals surface area contributed by atoms with Crippen LogP contribution in [-0.2, 0) is 21.3 Å². The molecule has 0 aliphatic carbocycles. The van der Waals surface area contributed by atoms with Crippen LogP contribution in [0.1, 0.15) is 17.4 Å². The van der Waals surface area contributed by atoms with Gasteiger partial charge in [-0.15, -0.1) is 11.3 Å². The molecule has 2 N–H and O–H groups in total. The average Bonchev–Trinajstić information content (AvgIpc) is 2.72. The summed E-state index contributed by atoms with van der Waals surface area (Å²) in [6.07, 6.45) is 0. The molecule has 0 aromatic carbocycles. The van der Waals surface area contributed by atoms with Gasteiger partial charge in [-0.05, 0) is 18.6 Å². The van der Waals surface area contributed by atoms with Crippen LogP contribution in [0, 0.1) is 6.92 Å². The van der Waals surface area contributed by atoms with E-state index in [0.29, 0.717) is 30.5 Å². The second kappa shape index (κ2) is 6.63. The minimum Gasteiger partial charge on any atom is -0.383 e. The number of hydrogen-bond acceptors (Lipinski definition) is 5. The van der Waals surface area contributed by atoms with E-state index in [-0.39, 0.29) is 0 Å². The van der Waals surface area contributed by atoms with Gasteiger partial charge in [-0.1, -0.05) is 6.92 Å². The topological polar surface area (TPSA) is 72.6 Å². The molecule has 0 aliphatic heterocycles. The van der Waals surface area contributed by atoms with E-state index in [1.54, 1.807) is 13.2 Å². The van der Waals surface area contributed by atoms with Crippen LogP contribution in [0.2, 0.25) is 0 Å². The average molecular weight is 292 g/mol. The van der Waals surface area contributed by atoms with E-state index >= 15 is 0 Å². The van der Waals surface area contributed by atoms with Crippen LogP contribution in [-0.4, -0.2) is 39.5 Å². The Hall–Kier alpha value is -0.470. The van der Waals surface area contributed by atoms with Crippen molar-refractivity contribution in [2.45, 2.75) is 24.6 Å². The van der Waals surface area contributed by atoms with Crippen LogP contribution >= 0.6 is 11.3 Å². The monoisotopic (exact) mass is 292 g/mol. The lowest BCUT2D eigenvalue weighted by Crippen LogP contribution is -2.33. The highest BCUT2D eigenvalue weighted by atomic mass is 32.2. The standard InChI is InChI=1S/C11H20N2O3S2/c1-4-13(5-6-16-3)18(14,15)11-7-9(2)10(8-12)17-11/h7H,4-6,8,12H2,1-3H3. The van der Waals surface area contributed by atoms with Crippen LogP contribution in [0.25, 0.3) is 0 Å². The molecule has 1 aromatic rings. The molecule has 104 valence electrons. The lowest BCUT2D eigenvalue weighted by Gasteiger charge is -2.18. The molecule has 0 radical (unpaired) electrons. The van der Waals surface area contributed by atoms with Gasteiger partial charge in [-0.25, -0.2) is 8.42 Å². The molecule has 0 amide bonds. The van der Waals surface area contributed by atoms with Crippen LogP contribution < -0.4 is 5.73 Å². The molecule has 0 bridgehead atoms. The summed E-state index contributed by atoms with van der Waals surface area (Å²) < 4.78 is 31.5. The smallest absolute Gasteiger partial charge is 0.252 e. The molecular formula is C11H20N2O3S2. The van der Waals surface area contributed by atoms with Crippen molar-refractivity contribution in [1.29, 1.82) is 0 Å². The largest absolute Gasteiger partial charge is 0.383 e. The second-order valence-corrected chi connectivity index (χ2v) is 7.17. The molecule has 0 saturated carbocycles. The normalized spacial score (nSPS) is 12.3. The van der Waals surface area contributed by atoms with E-state index in [4.69, 9.17) is 10.5 Å². The van der Waals surface area contributed by atoms with Gasteiger partial charge >= 0.3 is 0 Å². The summed E-state index contributed by atoms with van der Waals surface area (Å²) >= 11 is 1.25. The van der Waals surface area contributed by atoms with Gasteiger partial charge in [0, 0.05) is 31.6 Å². The number of likely N-dealkylation sites (N-methyl/N-ethyl adjacent to an activating group) is 1. The van der Waals surface area contributed by atoms with Crippen LogP contribution in [0.4, 0.5) is 0 Å². The first kappa shape index (κ1) is 15.6. The zero-order valence-electron chi connectivity index (χ0n) is 11.0. The highest BCUT2D eigenvalue weighted by Gasteiger charge is 2.25. The third kappa shape index (κ3) is 3.30. The molecular weight excluding hydrogens is 272 g/mol. The van der Waals surface area contributed by atoms with Gasteiger partial charge < -0.3 is 10.5 Å². The predicted molar refractivity (Wildman–Crippen MR) is 73.3 cm³/mol. The van der Waals surface area contributed by atoms with Gasteiger partial charge in [0.25, 0.3) is 10.0 Å². The molecule has 0 saturated heterocycles. The summed E-state index contributed by atoms with van der Waals surface area (Å²) in [5.41, 5.74) is 6.51. The number of methoxy groups -OCH3 is 1. The molecule has 5 nitrogen and oxygen atoms in total. The van der Waals surface area contributed by atoms with Gasteiger partial charge in [-0.2, -0.15) is 4.31 Å². The third-order valence-corrected chi connectivity index (χ3v) is 6.36. The van der Waals surface area contributed by atoms with E-state index in [1.807, 2.05) is 13.8 Å². The Morgan fingerprint density at radius 2 is 2.17 bits per heavy atom. The summed E-state index contributed by atoms with van der Waals surface area (Å²) in [6.45, 7) is 5.25. The van der Waals surface area contributed by atoms with E-state index in [2.05, 4.69) is 0 Å². The lowest BCUT2D eigenvalue weighted by atomic mass is 10.3. The molecule has 1 rings (SSSR count). The van der Waals surface area contributed by atoms with E-state index in [9.17, 15) is 8.42 Å². The molecule has 0 aliphatic rings. The molecule has 0 atom stereocenters. The minimum atomic E-state index is -3.42. The Kier molecular flexibility index (Phi) is 5.74. The maximum Gasteiger partial charge on any atom is 0.252 e. The Labute approximate surface area is 113 Å². The zero-order valence-corrected chi connectivity index (χ0v) is 12.6. The van der Waals surface area contributed by atoms with Crippen molar-refractivity contribution in [2.24, 2.45) is 5.73 Å². The molecule has 0 unspecified atom stereocenters. The van der Waals surface area contributed by atoms with Crippen LogP contribution in [0.15, 0.2) is 10.3 Å². The Morgan fingerprint density at radius 3 is 2.61 bits per heavy atom. The number of ether oxygens (including phenoxy) is 1. The van der Waals surface area contributed by atoms with E-state index in [0.717, 1.165) is 10.4 Å². The van der Waals surface area contributed by atoms with Crippen molar-refractivity contribution >= 4 is 21.4 Å². The molecule has 0 fully saturated rings. The summed E-state index contributed by atoms with van der Waals surface area (Å²) in [4.78, 5) is 0.913. The fraction of sp³-hybridized carbons (Fsp3) is 0.636. The van der Waals surface area contributed by atoms with Crippen molar-refractivity contribution < 1.29 is 13.2 Å². The highest BCUT2D eigenvalue weighted by Crippen LogP contribution is 2.28. The van der Waals surface area contributed by atoms with Crippen molar-refractivity contribution in [2.75, 3.05) is 26.8 Å². The van der Waals surface area contributed by atoms with E-state index < -0.39 is 10.0 Å². The second-order valence-electron chi connectivity index (χ2n) is 3.87. The van der Waals surface area contributed by atoms with Gasteiger partial charge in [0.1, 0.15) is 4.21 Å². The van der Waals surface area contributed by atoms with Gasteiger partial charge in [0.15, 0.2) is 0 Å². The zero-order chi connectivity index (χ0) is 13.8. The maximum absolute atomic E-state index is 12.4. The Balaban J connectivity index is 3.02. The number of sulfonamides is 1. The first-order valence-electron chi connectivity index (χ1n) is 5.75. The molecule has 1 heterocycles.